The van der Waals surface area contributed by atoms with Gasteiger partial charge in [-0.25, -0.2) is 4.98 Å². The largest absolute Gasteiger partial charge is 0.377 e. The molecule has 0 radical (unpaired) electrons. The number of ketones is 1. The monoisotopic (exact) mass is 369 g/mol. The van der Waals surface area contributed by atoms with E-state index in [0.29, 0.717) is 4.60 Å². The molecule has 2 aromatic rings. The van der Waals surface area contributed by atoms with Crippen LogP contribution in [0.15, 0.2) is 46.0 Å². The third-order valence-corrected chi connectivity index (χ3v) is 4.40. The highest BCUT2D eigenvalue weighted by molar-refractivity contribution is 9.10. The first-order valence-corrected chi connectivity index (χ1v) is 8.17. The first-order valence-electron chi connectivity index (χ1n) is 5.97. The number of halogens is 1. The van der Waals surface area contributed by atoms with Gasteiger partial charge in [-0.3, -0.25) is 4.79 Å². The summed E-state index contributed by atoms with van der Waals surface area (Å²) >= 11 is 3.13. The van der Waals surface area contributed by atoms with Crippen molar-refractivity contribution in [3.8, 4) is 5.75 Å². The van der Waals surface area contributed by atoms with Crippen molar-refractivity contribution >= 4 is 31.8 Å². The molecule has 1 aromatic carbocycles. The zero-order valence-corrected chi connectivity index (χ0v) is 13.7. The van der Waals surface area contributed by atoms with Crippen LogP contribution >= 0.6 is 15.9 Å². The van der Waals surface area contributed by atoms with Gasteiger partial charge in [-0.1, -0.05) is 17.7 Å². The molecule has 0 N–H and O–H groups in total. The van der Waals surface area contributed by atoms with Gasteiger partial charge in [0.1, 0.15) is 9.50 Å². The number of carbonyl (C=O) groups excluding carboxylic acids is 1. The van der Waals surface area contributed by atoms with E-state index in [2.05, 4.69) is 20.9 Å². The Morgan fingerprint density at radius 2 is 1.86 bits per heavy atom. The smallest absolute Gasteiger partial charge is 0.339 e. The SMILES string of the molecule is CC(=O)c1cc(Br)ncc1OS(=O)(=O)c1ccc(C)cc1. The van der Waals surface area contributed by atoms with E-state index in [0.717, 1.165) is 5.56 Å². The molecule has 0 aliphatic heterocycles. The fourth-order valence-corrected chi connectivity index (χ4v) is 2.90. The van der Waals surface area contributed by atoms with Gasteiger partial charge in [0.05, 0.1) is 11.8 Å². The lowest BCUT2D eigenvalue weighted by Gasteiger charge is -2.10. The first-order chi connectivity index (χ1) is 9.79. The maximum absolute atomic E-state index is 12.2. The van der Waals surface area contributed by atoms with Crippen LogP contribution in [0.4, 0.5) is 0 Å². The molecule has 0 saturated heterocycles. The summed E-state index contributed by atoms with van der Waals surface area (Å²) in [6.45, 7) is 3.18. The Balaban J connectivity index is 2.41. The van der Waals surface area contributed by atoms with Crippen LogP contribution in [0, 0.1) is 6.92 Å². The number of hydrogen-bond acceptors (Lipinski definition) is 5. The van der Waals surface area contributed by atoms with Gasteiger partial charge in [-0.2, -0.15) is 8.42 Å². The van der Waals surface area contributed by atoms with Gasteiger partial charge >= 0.3 is 10.1 Å². The Bertz CT molecular complexity index is 785. The molecule has 110 valence electrons. The number of carbonyl (C=O) groups is 1. The van der Waals surface area contributed by atoms with E-state index in [1.165, 1.54) is 31.3 Å². The van der Waals surface area contributed by atoms with E-state index >= 15 is 0 Å². The number of nitrogens with zero attached hydrogens (tertiary/aromatic N) is 1. The molecule has 7 heteroatoms. The van der Waals surface area contributed by atoms with E-state index in [1.54, 1.807) is 12.1 Å². The minimum absolute atomic E-state index is 0.0190. The Kier molecular flexibility index (Phi) is 4.43. The Labute approximate surface area is 131 Å². The molecule has 5 nitrogen and oxygen atoms in total. The zero-order valence-electron chi connectivity index (χ0n) is 11.3. The van der Waals surface area contributed by atoms with E-state index in [1.807, 2.05) is 6.92 Å². The third kappa shape index (κ3) is 3.68. The van der Waals surface area contributed by atoms with Crippen LogP contribution in [-0.2, 0) is 10.1 Å². The number of aryl methyl sites for hydroxylation is 1. The molecule has 1 aromatic heterocycles. The fraction of sp³-hybridized carbons (Fsp3) is 0.143. The van der Waals surface area contributed by atoms with E-state index in [9.17, 15) is 13.2 Å². The topological polar surface area (TPSA) is 73.3 Å². The second-order valence-corrected chi connectivity index (χ2v) is 6.77. The predicted octanol–water partition coefficient (Wildman–Crippen LogP) is 3.12. The van der Waals surface area contributed by atoms with Crippen molar-refractivity contribution in [2.45, 2.75) is 18.7 Å². The molecule has 0 atom stereocenters. The fourth-order valence-electron chi connectivity index (χ4n) is 1.63. The van der Waals surface area contributed by atoms with Crippen molar-refractivity contribution in [2.24, 2.45) is 0 Å². The number of rotatable bonds is 4. The van der Waals surface area contributed by atoms with Crippen molar-refractivity contribution in [1.29, 1.82) is 0 Å². The number of pyridine rings is 1. The summed E-state index contributed by atoms with van der Waals surface area (Å²) in [4.78, 5) is 15.5. The molecule has 2 rings (SSSR count). The van der Waals surface area contributed by atoms with Gasteiger partial charge in [0.15, 0.2) is 11.5 Å². The van der Waals surface area contributed by atoms with Crippen molar-refractivity contribution in [2.75, 3.05) is 0 Å². The lowest BCUT2D eigenvalue weighted by molar-refractivity contribution is 0.101. The van der Waals surface area contributed by atoms with E-state index < -0.39 is 10.1 Å². The summed E-state index contributed by atoms with van der Waals surface area (Å²) in [5.41, 5.74) is 1.08. The first kappa shape index (κ1) is 15.7. The van der Waals surface area contributed by atoms with Crippen LogP contribution in [0.25, 0.3) is 0 Å². The van der Waals surface area contributed by atoms with E-state index in [4.69, 9.17) is 4.18 Å². The lowest BCUT2D eigenvalue weighted by Crippen LogP contribution is -2.12. The van der Waals surface area contributed by atoms with E-state index in [-0.39, 0.29) is 22.0 Å². The molecule has 0 aliphatic rings. The molecule has 0 amide bonds. The minimum Gasteiger partial charge on any atom is -0.377 e. The summed E-state index contributed by atoms with van der Waals surface area (Å²) < 4.78 is 29.9. The van der Waals surface area contributed by atoms with Crippen molar-refractivity contribution in [3.05, 3.63) is 52.3 Å². The standard InChI is InChI=1S/C14H12BrNO4S/c1-9-3-5-11(6-4-9)21(18,19)20-13-8-16-14(15)7-12(13)10(2)17/h3-8H,1-2H3. The second kappa shape index (κ2) is 5.95. The zero-order chi connectivity index (χ0) is 15.6. The summed E-state index contributed by atoms with van der Waals surface area (Å²) in [7, 11) is -4.01. The summed E-state index contributed by atoms with van der Waals surface area (Å²) in [6.07, 6.45) is 1.20. The molecule has 21 heavy (non-hydrogen) atoms. The number of aromatic nitrogens is 1. The van der Waals surface area contributed by atoms with Gasteiger partial charge < -0.3 is 4.18 Å². The molecular formula is C14H12BrNO4S. The average Bonchev–Trinajstić information content (AvgIpc) is 2.41. The highest BCUT2D eigenvalue weighted by atomic mass is 79.9. The summed E-state index contributed by atoms with van der Waals surface area (Å²) in [5.74, 6) is -0.404. The number of Topliss-reactive ketones (excluding diaryl/α,β-unsaturated/α-hetero) is 1. The highest BCUT2D eigenvalue weighted by Crippen LogP contribution is 2.25. The molecular weight excluding hydrogens is 358 g/mol. The molecule has 0 spiro atoms. The molecule has 0 aliphatic carbocycles. The van der Waals surface area contributed by atoms with Gasteiger partial charge in [-0.05, 0) is 48.0 Å². The highest BCUT2D eigenvalue weighted by Gasteiger charge is 2.20. The van der Waals surface area contributed by atoms with Crippen molar-refractivity contribution < 1.29 is 17.4 Å². The summed E-state index contributed by atoms with van der Waals surface area (Å²) in [6, 6.07) is 7.65. The Hall–Kier alpha value is -1.73. The minimum atomic E-state index is -4.01. The van der Waals surface area contributed by atoms with Crippen LogP contribution in [0.5, 0.6) is 5.75 Å². The molecule has 0 saturated carbocycles. The Morgan fingerprint density at radius 3 is 2.43 bits per heavy atom. The van der Waals surface area contributed by atoms with Gasteiger partial charge in [0.2, 0.25) is 0 Å². The van der Waals surface area contributed by atoms with Crippen LogP contribution in [0.2, 0.25) is 0 Å². The normalized spacial score (nSPS) is 11.2. The van der Waals surface area contributed by atoms with Crippen molar-refractivity contribution in [3.63, 3.8) is 0 Å². The van der Waals surface area contributed by atoms with Gasteiger partial charge in [-0.15, -0.1) is 0 Å². The quantitative estimate of drug-likeness (QED) is 0.470. The molecule has 0 fully saturated rings. The van der Waals surface area contributed by atoms with Crippen LogP contribution < -0.4 is 4.18 Å². The van der Waals surface area contributed by atoms with Crippen LogP contribution in [-0.4, -0.2) is 19.2 Å². The second-order valence-electron chi connectivity index (χ2n) is 4.41. The average molecular weight is 370 g/mol. The van der Waals surface area contributed by atoms with Crippen LogP contribution in [0.1, 0.15) is 22.8 Å². The summed E-state index contributed by atoms with van der Waals surface area (Å²) in [5, 5.41) is 0. The number of benzene rings is 1. The third-order valence-electron chi connectivity index (χ3n) is 2.72. The maximum atomic E-state index is 12.2. The maximum Gasteiger partial charge on any atom is 0.339 e. The molecule has 0 bridgehead atoms. The molecule has 1 heterocycles. The van der Waals surface area contributed by atoms with Gasteiger partial charge in [0, 0.05) is 0 Å². The lowest BCUT2D eigenvalue weighted by atomic mass is 10.2. The molecule has 0 unspecified atom stereocenters. The van der Waals surface area contributed by atoms with Crippen molar-refractivity contribution in [1.82, 2.24) is 4.98 Å². The Morgan fingerprint density at radius 1 is 1.24 bits per heavy atom. The number of hydrogen-bond donors (Lipinski definition) is 0. The van der Waals surface area contributed by atoms with Crippen LogP contribution in [0.3, 0.4) is 0 Å². The van der Waals surface area contributed by atoms with Gasteiger partial charge in [0.25, 0.3) is 0 Å². The predicted molar refractivity (Wildman–Crippen MR) is 80.9 cm³/mol.